The third-order valence-electron chi connectivity index (χ3n) is 0.700. The molecule has 1 rings (SSSR count). The van der Waals surface area contributed by atoms with Gasteiger partial charge >= 0.3 is 5.97 Å². The summed E-state index contributed by atoms with van der Waals surface area (Å²) in [5.74, 6) is -1.44. The number of nitrogens with zero attached hydrogens (tertiary/aromatic N) is 4. The lowest BCUT2D eigenvalue weighted by Crippen LogP contribution is -2.00. The second-order valence-corrected chi connectivity index (χ2v) is 1.41. The molecule has 0 aliphatic rings. The number of halogens is 1. The van der Waals surface area contributed by atoms with E-state index in [1.54, 1.807) is 0 Å². The van der Waals surface area contributed by atoms with Crippen LogP contribution >= 0.6 is 12.4 Å². The first kappa shape index (κ1) is 8.83. The Balaban J connectivity index is 0.000000810. The van der Waals surface area contributed by atoms with Gasteiger partial charge in [0, 0.05) is 0 Å². The Morgan fingerprint density at radius 2 is 2.30 bits per heavy atom. The van der Waals surface area contributed by atoms with Gasteiger partial charge < -0.3 is 5.11 Å². The highest BCUT2D eigenvalue weighted by Crippen LogP contribution is 1.81. The predicted molar refractivity (Wildman–Crippen MR) is 33.0 cm³/mol. The zero-order valence-corrected chi connectivity index (χ0v) is 5.87. The maximum atomic E-state index is 10.0. The lowest BCUT2D eigenvalue weighted by Gasteiger charge is -1.77. The summed E-state index contributed by atoms with van der Waals surface area (Å²) in [6.45, 7) is 0. The fraction of sp³-hybridized carbons (Fsp3) is 0.333. The maximum absolute atomic E-state index is 10.0. The molecule has 1 aromatic heterocycles. The van der Waals surface area contributed by atoms with Crippen molar-refractivity contribution in [2.75, 3.05) is 0 Å². The minimum atomic E-state index is -1.16. The summed E-state index contributed by atoms with van der Waals surface area (Å²) in [5.41, 5.74) is 0. The number of tetrazole rings is 1. The van der Waals surface area contributed by atoms with Gasteiger partial charge in [-0.2, -0.15) is 4.80 Å². The molecular formula is C3H5ClN4O2. The van der Waals surface area contributed by atoms with Crippen LogP contribution in [0.4, 0.5) is 0 Å². The van der Waals surface area contributed by atoms with Gasteiger partial charge in [-0.05, 0) is 5.21 Å². The van der Waals surface area contributed by atoms with E-state index in [0.29, 0.717) is 0 Å². The van der Waals surface area contributed by atoms with Crippen LogP contribution in [0.3, 0.4) is 0 Å². The number of aromatic carboxylic acids is 1. The monoisotopic (exact) mass is 164 g/mol. The Kier molecular flexibility index (Phi) is 2.75. The minimum absolute atomic E-state index is 0. The zero-order valence-electron chi connectivity index (χ0n) is 5.05. The summed E-state index contributed by atoms with van der Waals surface area (Å²) in [6.07, 6.45) is 0. The van der Waals surface area contributed by atoms with E-state index in [9.17, 15) is 4.79 Å². The molecule has 0 radical (unpaired) electrons. The van der Waals surface area contributed by atoms with Gasteiger partial charge in [0.2, 0.25) is 0 Å². The van der Waals surface area contributed by atoms with E-state index in [1.807, 2.05) is 0 Å². The molecule has 7 heteroatoms. The van der Waals surface area contributed by atoms with Crippen molar-refractivity contribution < 1.29 is 9.90 Å². The SMILES string of the molecule is Cl.Cn1nnc(C(=O)O)n1. The van der Waals surface area contributed by atoms with Crippen LogP contribution < -0.4 is 0 Å². The summed E-state index contributed by atoms with van der Waals surface area (Å²) in [5, 5.41) is 18.2. The van der Waals surface area contributed by atoms with Gasteiger partial charge in [-0.15, -0.1) is 22.6 Å². The number of hydrogen-bond acceptors (Lipinski definition) is 4. The normalized spacial score (nSPS) is 8.50. The molecule has 1 N–H and O–H groups in total. The highest BCUT2D eigenvalue weighted by atomic mass is 35.5. The Morgan fingerprint density at radius 3 is 2.50 bits per heavy atom. The van der Waals surface area contributed by atoms with Crippen LogP contribution in [0.5, 0.6) is 0 Å². The topological polar surface area (TPSA) is 80.9 Å². The third kappa shape index (κ3) is 1.66. The number of hydrogen-bond donors (Lipinski definition) is 1. The minimum Gasteiger partial charge on any atom is -0.475 e. The van der Waals surface area contributed by atoms with E-state index in [0.717, 1.165) is 4.80 Å². The Morgan fingerprint density at radius 1 is 1.70 bits per heavy atom. The fourth-order valence-corrected chi connectivity index (χ4v) is 0.370. The summed E-state index contributed by atoms with van der Waals surface area (Å²) in [6, 6.07) is 0. The van der Waals surface area contributed by atoms with Crippen molar-refractivity contribution in [3.8, 4) is 0 Å². The van der Waals surface area contributed by atoms with Gasteiger partial charge in [0.05, 0.1) is 7.05 Å². The molecule has 0 fully saturated rings. The first-order valence-corrected chi connectivity index (χ1v) is 2.17. The molecule has 56 valence electrons. The standard InChI is InChI=1S/C3H4N4O2.ClH/c1-7-5-2(3(8)9)4-6-7;/h1H3,(H,8,9);1H. The number of aryl methyl sites for hydroxylation is 1. The van der Waals surface area contributed by atoms with Gasteiger partial charge in [0.15, 0.2) is 0 Å². The average Bonchev–Trinajstić information content (AvgIpc) is 2.14. The van der Waals surface area contributed by atoms with Crippen molar-refractivity contribution in [3.63, 3.8) is 0 Å². The Labute approximate surface area is 62.3 Å². The molecule has 6 nitrogen and oxygen atoms in total. The van der Waals surface area contributed by atoms with E-state index in [4.69, 9.17) is 5.11 Å². The second-order valence-electron chi connectivity index (χ2n) is 1.41. The van der Waals surface area contributed by atoms with Gasteiger partial charge in [0.25, 0.3) is 5.82 Å². The van der Waals surface area contributed by atoms with Crippen LogP contribution in [0.15, 0.2) is 0 Å². The molecule has 0 aliphatic carbocycles. The van der Waals surface area contributed by atoms with Crippen molar-refractivity contribution >= 4 is 18.4 Å². The Hall–Kier alpha value is -1.17. The molecule has 0 bridgehead atoms. The number of carboxylic acid groups (broad SMARTS) is 1. The average molecular weight is 165 g/mol. The largest absolute Gasteiger partial charge is 0.475 e. The predicted octanol–water partition coefficient (Wildman–Crippen LogP) is -0.670. The van der Waals surface area contributed by atoms with Crippen LogP contribution in [-0.4, -0.2) is 31.3 Å². The van der Waals surface area contributed by atoms with Crippen LogP contribution in [0.1, 0.15) is 10.6 Å². The number of carboxylic acids is 1. The molecule has 0 aliphatic heterocycles. The maximum Gasteiger partial charge on any atom is 0.377 e. The lowest BCUT2D eigenvalue weighted by molar-refractivity contribution is 0.0683. The van der Waals surface area contributed by atoms with Gasteiger partial charge in [0.1, 0.15) is 0 Å². The number of rotatable bonds is 1. The summed E-state index contributed by atoms with van der Waals surface area (Å²) in [4.78, 5) is 11.1. The van der Waals surface area contributed by atoms with Crippen molar-refractivity contribution in [3.05, 3.63) is 5.82 Å². The third-order valence-corrected chi connectivity index (χ3v) is 0.700. The van der Waals surface area contributed by atoms with E-state index in [2.05, 4.69) is 15.4 Å². The lowest BCUT2D eigenvalue weighted by atomic mass is 10.7. The smallest absolute Gasteiger partial charge is 0.377 e. The first-order valence-electron chi connectivity index (χ1n) is 2.17. The van der Waals surface area contributed by atoms with Gasteiger partial charge in [-0.25, -0.2) is 4.79 Å². The van der Waals surface area contributed by atoms with E-state index in [-0.39, 0.29) is 18.2 Å². The molecular weight excluding hydrogens is 160 g/mol. The molecule has 0 saturated carbocycles. The van der Waals surface area contributed by atoms with Gasteiger partial charge in [-0.3, -0.25) is 0 Å². The molecule has 1 aromatic rings. The number of carbonyl (C=O) groups is 1. The summed E-state index contributed by atoms with van der Waals surface area (Å²) < 4.78 is 0. The highest BCUT2D eigenvalue weighted by molar-refractivity contribution is 5.85. The zero-order chi connectivity index (χ0) is 6.85. The van der Waals surface area contributed by atoms with E-state index >= 15 is 0 Å². The summed E-state index contributed by atoms with van der Waals surface area (Å²) in [7, 11) is 1.50. The van der Waals surface area contributed by atoms with Crippen molar-refractivity contribution in [2.24, 2.45) is 7.05 Å². The van der Waals surface area contributed by atoms with Crippen LogP contribution in [0.25, 0.3) is 0 Å². The molecule has 10 heavy (non-hydrogen) atoms. The Bertz CT molecular complexity index is 234. The van der Waals surface area contributed by atoms with Crippen molar-refractivity contribution in [1.82, 2.24) is 20.2 Å². The molecule has 0 amide bonds. The number of aromatic nitrogens is 4. The van der Waals surface area contributed by atoms with Gasteiger partial charge in [-0.1, -0.05) is 0 Å². The quantitative estimate of drug-likeness (QED) is 0.596. The van der Waals surface area contributed by atoms with E-state index < -0.39 is 5.97 Å². The molecule has 0 spiro atoms. The first-order chi connectivity index (χ1) is 4.20. The molecule has 0 unspecified atom stereocenters. The van der Waals surface area contributed by atoms with Crippen molar-refractivity contribution in [2.45, 2.75) is 0 Å². The molecule has 0 atom stereocenters. The van der Waals surface area contributed by atoms with Crippen LogP contribution in [0, 0.1) is 0 Å². The fourth-order valence-electron chi connectivity index (χ4n) is 0.370. The second kappa shape index (κ2) is 3.11. The highest BCUT2D eigenvalue weighted by Gasteiger charge is 2.07. The van der Waals surface area contributed by atoms with Crippen LogP contribution in [0.2, 0.25) is 0 Å². The molecule has 0 aromatic carbocycles. The van der Waals surface area contributed by atoms with Crippen LogP contribution in [-0.2, 0) is 7.05 Å². The van der Waals surface area contributed by atoms with Crippen molar-refractivity contribution in [1.29, 1.82) is 0 Å². The molecule has 1 heterocycles. The van der Waals surface area contributed by atoms with E-state index in [1.165, 1.54) is 7.05 Å². The summed E-state index contributed by atoms with van der Waals surface area (Å²) >= 11 is 0. The molecule has 0 saturated heterocycles.